The first-order valence-electron chi connectivity index (χ1n) is 5.79. The zero-order chi connectivity index (χ0) is 11.7. The summed E-state index contributed by atoms with van der Waals surface area (Å²) in [5.74, 6) is 0.279. The molecule has 0 spiro atoms. The topological polar surface area (TPSA) is 58.6 Å². The number of imidazole rings is 1. The van der Waals surface area contributed by atoms with Gasteiger partial charge in [0.25, 0.3) is 0 Å². The maximum absolute atomic E-state index is 12.3. The average molecular weight is 243 g/mol. The van der Waals surface area contributed by atoms with Gasteiger partial charge in [0.2, 0.25) is 0 Å². The lowest BCUT2D eigenvalue weighted by Gasteiger charge is -2.22. The van der Waals surface area contributed by atoms with Crippen molar-refractivity contribution >= 4 is 5.78 Å². The fourth-order valence-corrected chi connectivity index (χ4v) is 2.40. The van der Waals surface area contributed by atoms with Crippen LogP contribution in [0.1, 0.15) is 35.5 Å². The third-order valence-corrected chi connectivity index (χ3v) is 3.33. The van der Waals surface area contributed by atoms with Crippen molar-refractivity contribution in [3.8, 4) is 0 Å². The van der Waals surface area contributed by atoms with Crippen LogP contribution in [0.2, 0.25) is 0 Å². The number of ketones is 1. The van der Waals surface area contributed by atoms with E-state index >= 15 is 0 Å². The summed E-state index contributed by atoms with van der Waals surface area (Å²) in [6, 6.07) is 1.94. The second-order valence-corrected chi connectivity index (χ2v) is 4.41. The first-order chi connectivity index (χ1) is 8.34. The van der Waals surface area contributed by atoms with E-state index in [-0.39, 0.29) is 19.1 Å². The highest BCUT2D eigenvalue weighted by Gasteiger charge is 2.27. The molecule has 0 radical (unpaired) electrons. The zero-order valence-electron chi connectivity index (χ0n) is 9.39. The largest absolute Gasteiger partial charge is 0.348 e. The second kappa shape index (κ2) is 5.12. The Morgan fingerprint density at radius 2 is 2.22 bits per heavy atom. The van der Waals surface area contributed by atoms with Crippen molar-refractivity contribution in [1.82, 2.24) is 15.0 Å². The van der Waals surface area contributed by atoms with Crippen LogP contribution in [-0.2, 0) is 12.8 Å². The van der Waals surface area contributed by atoms with Gasteiger partial charge in [-0.3, -0.25) is 9.78 Å². The summed E-state index contributed by atoms with van der Waals surface area (Å²) in [6.45, 7) is 0. The lowest BCUT2D eigenvalue weighted by Crippen LogP contribution is -2.24. The maximum atomic E-state index is 12.3. The molecule has 0 saturated carbocycles. The highest BCUT2D eigenvalue weighted by molar-refractivity contribution is 6.00. The fraction of sp³-hybridized carbons (Fsp3) is 0.357. The molecule has 2 heterocycles. The van der Waals surface area contributed by atoms with E-state index < -0.39 is 0 Å². The summed E-state index contributed by atoms with van der Waals surface area (Å²) >= 11 is 0. The molecule has 0 aliphatic heterocycles. The van der Waals surface area contributed by atoms with Gasteiger partial charge in [0.05, 0.1) is 6.33 Å². The summed E-state index contributed by atoms with van der Waals surface area (Å²) in [6.07, 6.45) is 9.49. The third-order valence-electron chi connectivity index (χ3n) is 3.33. The van der Waals surface area contributed by atoms with Crippen molar-refractivity contribution in [2.45, 2.75) is 26.7 Å². The molecule has 1 atom stereocenters. The minimum atomic E-state index is 0. The number of aryl methyl sites for hydroxylation is 1. The number of H-pyrrole nitrogens is 1. The summed E-state index contributed by atoms with van der Waals surface area (Å²) in [5, 5.41) is 0. The predicted octanol–water partition coefficient (Wildman–Crippen LogP) is 2.43. The second-order valence-electron chi connectivity index (χ2n) is 4.41. The van der Waals surface area contributed by atoms with Gasteiger partial charge in [-0.1, -0.05) is 7.43 Å². The normalized spacial score (nSPS) is 18.0. The van der Waals surface area contributed by atoms with E-state index in [1.165, 1.54) is 0 Å². The van der Waals surface area contributed by atoms with Crippen molar-refractivity contribution in [2.24, 2.45) is 5.92 Å². The van der Waals surface area contributed by atoms with Crippen LogP contribution in [-0.4, -0.2) is 20.7 Å². The molecule has 94 valence electrons. The summed E-state index contributed by atoms with van der Waals surface area (Å²) in [4.78, 5) is 23.3. The van der Waals surface area contributed by atoms with Crippen LogP contribution < -0.4 is 0 Å². The van der Waals surface area contributed by atoms with Crippen LogP contribution in [0.3, 0.4) is 0 Å². The molecule has 1 N–H and O–H groups in total. The molecule has 3 rings (SSSR count). The lowest BCUT2D eigenvalue weighted by molar-refractivity contribution is 0.0900. The number of carbonyl (C=O) groups is 1. The highest BCUT2D eigenvalue weighted by atomic mass is 16.1. The van der Waals surface area contributed by atoms with Crippen molar-refractivity contribution in [3.63, 3.8) is 0 Å². The number of nitrogens with zero attached hydrogens (tertiary/aromatic N) is 2. The number of rotatable bonds is 2. The number of fused-ring (bicyclic) bond motifs is 1. The SMILES string of the molecule is C.O=C1c2cnccc2CCC1Cc1cnc[nH]1. The number of hydrogen-bond donors (Lipinski definition) is 1. The molecule has 2 aromatic rings. The average Bonchev–Trinajstić information content (AvgIpc) is 2.86. The Morgan fingerprint density at radius 3 is 3.00 bits per heavy atom. The van der Waals surface area contributed by atoms with Crippen molar-refractivity contribution in [1.29, 1.82) is 0 Å². The Kier molecular flexibility index (Phi) is 3.55. The highest BCUT2D eigenvalue weighted by Crippen LogP contribution is 2.26. The Hall–Kier alpha value is -1.97. The Bertz CT molecular complexity index is 534. The molecule has 1 aliphatic carbocycles. The summed E-state index contributed by atoms with van der Waals surface area (Å²) in [7, 11) is 0. The number of nitrogens with one attached hydrogen (secondary N) is 1. The van der Waals surface area contributed by atoms with Gasteiger partial charge in [0, 0.05) is 35.8 Å². The lowest BCUT2D eigenvalue weighted by atomic mass is 9.81. The Labute approximate surface area is 106 Å². The smallest absolute Gasteiger partial charge is 0.168 e. The molecule has 1 unspecified atom stereocenters. The zero-order valence-corrected chi connectivity index (χ0v) is 9.39. The molecule has 0 aromatic carbocycles. The fourth-order valence-electron chi connectivity index (χ4n) is 2.40. The van der Waals surface area contributed by atoms with Crippen LogP contribution in [0.15, 0.2) is 31.0 Å². The van der Waals surface area contributed by atoms with Crippen molar-refractivity contribution in [3.05, 3.63) is 47.8 Å². The Morgan fingerprint density at radius 1 is 1.33 bits per heavy atom. The number of hydrogen-bond acceptors (Lipinski definition) is 3. The number of pyridine rings is 1. The van der Waals surface area contributed by atoms with Crippen LogP contribution in [0.5, 0.6) is 0 Å². The molecule has 1 aliphatic rings. The molecule has 0 bridgehead atoms. The minimum absolute atomic E-state index is 0. The van der Waals surface area contributed by atoms with Gasteiger partial charge in [-0.2, -0.15) is 0 Å². The van der Waals surface area contributed by atoms with Crippen LogP contribution >= 0.6 is 0 Å². The van der Waals surface area contributed by atoms with Gasteiger partial charge in [0.15, 0.2) is 5.78 Å². The van der Waals surface area contributed by atoms with Crippen LogP contribution in [0, 0.1) is 5.92 Å². The van der Waals surface area contributed by atoms with Crippen molar-refractivity contribution < 1.29 is 4.79 Å². The number of aromatic nitrogens is 3. The van der Waals surface area contributed by atoms with Crippen LogP contribution in [0.25, 0.3) is 0 Å². The molecule has 0 fully saturated rings. The van der Waals surface area contributed by atoms with Gasteiger partial charge in [-0.15, -0.1) is 0 Å². The summed E-state index contributed by atoms with van der Waals surface area (Å²) in [5.41, 5.74) is 2.95. The van der Waals surface area contributed by atoms with Gasteiger partial charge >= 0.3 is 0 Å². The molecule has 0 saturated heterocycles. The van der Waals surface area contributed by atoms with E-state index in [4.69, 9.17) is 0 Å². The molecule has 4 nitrogen and oxygen atoms in total. The van der Waals surface area contributed by atoms with E-state index in [1.807, 2.05) is 6.07 Å². The van der Waals surface area contributed by atoms with Crippen molar-refractivity contribution in [2.75, 3.05) is 0 Å². The molecular weight excluding hydrogens is 226 g/mol. The predicted molar refractivity (Wildman–Crippen MR) is 69.4 cm³/mol. The van der Waals surface area contributed by atoms with E-state index in [1.54, 1.807) is 24.9 Å². The van der Waals surface area contributed by atoms with Crippen LogP contribution in [0.4, 0.5) is 0 Å². The van der Waals surface area contributed by atoms with E-state index in [2.05, 4.69) is 15.0 Å². The monoisotopic (exact) mass is 243 g/mol. The molecule has 0 amide bonds. The van der Waals surface area contributed by atoms with Gasteiger partial charge in [-0.25, -0.2) is 4.98 Å². The third kappa shape index (κ3) is 2.18. The Balaban J connectivity index is 0.00000120. The molecular formula is C14H17N3O. The molecule has 4 heteroatoms. The summed E-state index contributed by atoms with van der Waals surface area (Å²) < 4.78 is 0. The number of aromatic amines is 1. The quantitative estimate of drug-likeness (QED) is 0.881. The van der Waals surface area contributed by atoms with E-state index in [0.29, 0.717) is 0 Å². The van der Waals surface area contributed by atoms with Gasteiger partial charge in [-0.05, 0) is 30.9 Å². The minimum Gasteiger partial charge on any atom is -0.348 e. The first kappa shape index (κ1) is 12.5. The van der Waals surface area contributed by atoms with E-state index in [9.17, 15) is 4.79 Å². The maximum Gasteiger partial charge on any atom is 0.168 e. The van der Waals surface area contributed by atoms with E-state index in [0.717, 1.165) is 36.1 Å². The number of carbonyl (C=O) groups excluding carboxylic acids is 1. The molecule has 18 heavy (non-hydrogen) atoms. The van der Waals surface area contributed by atoms with Gasteiger partial charge < -0.3 is 4.98 Å². The molecule has 2 aromatic heterocycles. The number of Topliss-reactive ketones (excluding diaryl/α,β-unsaturated/α-hetero) is 1. The standard InChI is InChI=1S/C13H13N3O.CH4/c17-13-10(5-11-6-15-8-16-11)2-1-9-3-4-14-7-12(9)13;/h3-4,6-8,10H,1-2,5H2,(H,15,16);1H4. The van der Waals surface area contributed by atoms with Gasteiger partial charge in [0.1, 0.15) is 0 Å². The first-order valence-corrected chi connectivity index (χ1v) is 5.79.